The summed E-state index contributed by atoms with van der Waals surface area (Å²) >= 11 is 0. The molecule has 32 heavy (non-hydrogen) atoms. The Labute approximate surface area is 182 Å². The first kappa shape index (κ1) is 23.2. The van der Waals surface area contributed by atoms with Gasteiger partial charge < -0.3 is 24.8 Å². The van der Waals surface area contributed by atoms with Gasteiger partial charge in [-0.05, 0) is 36.4 Å². The molecule has 2 aromatic rings. The lowest BCUT2D eigenvalue weighted by atomic mass is 10.3. The van der Waals surface area contributed by atoms with Crippen LogP contribution in [0.4, 0.5) is 18.9 Å². The molecular weight excluding hydrogens is 431 g/mol. The minimum Gasteiger partial charge on any atom is -0.504 e. The third-order valence-electron chi connectivity index (χ3n) is 4.68. The number of piperazine rings is 1. The van der Waals surface area contributed by atoms with Crippen molar-refractivity contribution in [1.29, 1.82) is 0 Å². The Hall–Kier alpha value is -3.47. The fourth-order valence-electron chi connectivity index (χ4n) is 3.11. The zero-order valence-electron chi connectivity index (χ0n) is 17.0. The number of ether oxygens (including phenoxy) is 2. The number of phenols is 1. The van der Waals surface area contributed by atoms with Crippen LogP contribution in [0.15, 0.2) is 48.5 Å². The largest absolute Gasteiger partial charge is 0.573 e. The maximum atomic E-state index is 12.3. The number of nitrogens with one attached hydrogen (secondary N) is 1. The second-order valence-electron chi connectivity index (χ2n) is 7.03. The Kier molecular flexibility index (Phi) is 7.41. The Morgan fingerprint density at radius 2 is 1.66 bits per heavy atom. The summed E-state index contributed by atoms with van der Waals surface area (Å²) in [6.45, 7) is 1.67. The summed E-state index contributed by atoms with van der Waals surface area (Å²) in [6.07, 6.45) is -4.77. The average Bonchev–Trinajstić information content (AvgIpc) is 2.74. The quantitative estimate of drug-likeness (QED) is 0.670. The van der Waals surface area contributed by atoms with Gasteiger partial charge in [-0.2, -0.15) is 0 Å². The number of hydrogen-bond donors (Lipinski definition) is 2. The molecule has 1 saturated heterocycles. The molecule has 0 saturated carbocycles. The van der Waals surface area contributed by atoms with Crippen molar-refractivity contribution in [3.63, 3.8) is 0 Å². The zero-order chi connectivity index (χ0) is 23.1. The maximum Gasteiger partial charge on any atom is 0.573 e. The first-order valence-electron chi connectivity index (χ1n) is 9.76. The van der Waals surface area contributed by atoms with Crippen LogP contribution in [0.2, 0.25) is 0 Å². The second-order valence-corrected chi connectivity index (χ2v) is 7.03. The van der Waals surface area contributed by atoms with Crippen molar-refractivity contribution in [3.05, 3.63) is 48.5 Å². The van der Waals surface area contributed by atoms with E-state index in [9.17, 15) is 27.9 Å². The van der Waals surface area contributed by atoms with Crippen LogP contribution < -0.4 is 14.8 Å². The lowest BCUT2D eigenvalue weighted by Crippen LogP contribution is -2.51. The van der Waals surface area contributed by atoms with Crippen molar-refractivity contribution in [3.8, 4) is 17.2 Å². The van der Waals surface area contributed by atoms with E-state index in [1.165, 1.54) is 18.2 Å². The van der Waals surface area contributed by atoms with E-state index in [4.69, 9.17) is 4.74 Å². The molecule has 0 aliphatic carbocycles. The number of hydrogen-bond acceptors (Lipinski definition) is 6. The molecule has 1 aliphatic heterocycles. The summed E-state index contributed by atoms with van der Waals surface area (Å²) in [5, 5.41) is 12.3. The highest BCUT2D eigenvalue weighted by atomic mass is 19.4. The molecule has 2 N–H and O–H groups in total. The van der Waals surface area contributed by atoms with Gasteiger partial charge in [-0.25, -0.2) is 0 Å². The number of nitrogens with zero attached hydrogens (tertiary/aromatic N) is 2. The number of halogens is 3. The summed E-state index contributed by atoms with van der Waals surface area (Å²) in [7, 11) is 0. The SMILES string of the molecule is O=C(CN1CCN(C(=O)COc2ccccc2O)CC1)Nc1ccc(OC(F)(F)F)cc1. The lowest BCUT2D eigenvalue weighted by molar-refractivity contribution is -0.274. The standard InChI is InChI=1S/C21H22F3N3O5/c22-21(23,24)32-16-7-5-15(6-8-16)25-19(29)13-26-9-11-27(12-10-26)20(30)14-31-18-4-2-1-3-17(18)28/h1-8,28H,9-14H2,(H,25,29). The van der Waals surface area contributed by atoms with Crippen molar-refractivity contribution < 1.29 is 37.3 Å². The van der Waals surface area contributed by atoms with E-state index in [-0.39, 0.29) is 42.2 Å². The summed E-state index contributed by atoms with van der Waals surface area (Å²) in [5.41, 5.74) is 0.347. The highest BCUT2D eigenvalue weighted by Crippen LogP contribution is 2.25. The number of carbonyl (C=O) groups excluding carboxylic acids is 2. The summed E-state index contributed by atoms with van der Waals surface area (Å²) in [5.74, 6) is -0.730. The van der Waals surface area contributed by atoms with Gasteiger partial charge in [0.2, 0.25) is 5.91 Å². The number of phenolic OH excluding ortho intramolecular Hbond substituents is 1. The topological polar surface area (TPSA) is 91.3 Å². The number of aromatic hydroxyl groups is 1. The normalized spacial score (nSPS) is 14.7. The molecule has 3 rings (SSSR count). The number of carbonyl (C=O) groups is 2. The molecule has 0 spiro atoms. The van der Waals surface area contributed by atoms with Crippen molar-refractivity contribution in [2.75, 3.05) is 44.6 Å². The van der Waals surface area contributed by atoms with Crippen LogP contribution in [0.5, 0.6) is 17.2 Å². The minimum atomic E-state index is -4.77. The molecule has 0 atom stereocenters. The molecule has 2 aromatic carbocycles. The van der Waals surface area contributed by atoms with Gasteiger partial charge in [0.1, 0.15) is 5.75 Å². The van der Waals surface area contributed by atoms with Gasteiger partial charge in [0, 0.05) is 31.9 Å². The van der Waals surface area contributed by atoms with Gasteiger partial charge in [0.25, 0.3) is 5.91 Å². The Morgan fingerprint density at radius 3 is 2.28 bits per heavy atom. The first-order valence-corrected chi connectivity index (χ1v) is 9.76. The van der Waals surface area contributed by atoms with E-state index in [2.05, 4.69) is 10.1 Å². The second kappa shape index (κ2) is 10.2. The molecule has 1 aliphatic rings. The highest BCUT2D eigenvalue weighted by Gasteiger charge is 2.31. The van der Waals surface area contributed by atoms with E-state index in [0.717, 1.165) is 12.1 Å². The van der Waals surface area contributed by atoms with Crippen molar-refractivity contribution in [2.45, 2.75) is 6.36 Å². The average molecular weight is 453 g/mol. The molecule has 0 unspecified atom stereocenters. The molecule has 1 heterocycles. The van der Waals surface area contributed by atoms with Crippen LogP contribution in [-0.2, 0) is 9.59 Å². The molecule has 172 valence electrons. The van der Waals surface area contributed by atoms with Gasteiger partial charge in [0.05, 0.1) is 6.54 Å². The predicted octanol–water partition coefficient (Wildman–Crippen LogP) is 2.45. The van der Waals surface area contributed by atoms with Gasteiger partial charge in [-0.3, -0.25) is 14.5 Å². The fraction of sp³-hybridized carbons (Fsp3) is 0.333. The molecule has 0 radical (unpaired) electrons. The van der Waals surface area contributed by atoms with Crippen LogP contribution in [0, 0.1) is 0 Å². The number of para-hydroxylation sites is 2. The van der Waals surface area contributed by atoms with Crippen molar-refractivity contribution >= 4 is 17.5 Å². The predicted molar refractivity (Wildman–Crippen MR) is 108 cm³/mol. The van der Waals surface area contributed by atoms with E-state index < -0.39 is 6.36 Å². The number of anilines is 1. The van der Waals surface area contributed by atoms with Gasteiger partial charge in [0.15, 0.2) is 18.1 Å². The number of alkyl halides is 3. The van der Waals surface area contributed by atoms with Crippen LogP contribution in [0.1, 0.15) is 0 Å². The smallest absolute Gasteiger partial charge is 0.504 e. The van der Waals surface area contributed by atoms with E-state index in [0.29, 0.717) is 31.9 Å². The Morgan fingerprint density at radius 1 is 1.00 bits per heavy atom. The lowest BCUT2D eigenvalue weighted by Gasteiger charge is -2.34. The zero-order valence-corrected chi connectivity index (χ0v) is 17.0. The van der Waals surface area contributed by atoms with Crippen LogP contribution in [-0.4, -0.2) is 72.4 Å². The molecule has 0 aromatic heterocycles. The molecule has 1 fully saturated rings. The van der Waals surface area contributed by atoms with Gasteiger partial charge >= 0.3 is 6.36 Å². The third-order valence-corrected chi connectivity index (χ3v) is 4.68. The first-order chi connectivity index (χ1) is 15.2. The van der Waals surface area contributed by atoms with E-state index in [1.807, 2.05) is 4.90 Å². The van der Waals surface area contributed by atoms with Crippen molar-refractivity contribution in [2.24, 2.45) is 0 Å². The maximum absolute atomic E-state index is 12.3. The minimum absolute atomic E-state index is 0.0429. The molecule has 0 bridgehead atoms. The van der Waals surface area contributed by atoms with Crippen LogP contribution in [0.3, 0.4) is 0 Å². The molecular formula is C21H22F3N3O5. The highest BCUT2D eigenvalue weighted by molar-refractivity contribution is 5.92. The summed E-state index contributed by atoms with van der Waals surface area (Å²) < 4.78 is 45.7. The molecule has 8 nitrogen and oxygen atoms in total. The number of benzene rings is 2. The van der Waals surface area contributed by atoms with Crippen molar-refractivity contribution in [1.82, 2.24) is 9.80 Å². The number of rotatable bonds is 7. The molecule has 2 amide bonds. The Balaban J connectivity index is 1.39. The summed E-state index contributed by atoms with van der Waals surface area (Å²) in [6, 6.07) is 11.2. The van der Waals surface area contributed by atoms with E-state index in [1.54, 1.807) is 23.1 Å². The fourth-order valence-corrected chi connectivity index (χ4v) is 3.11. The summed E-state index contributed by atoms with van der Waals surface area (Å²) in [4.78, 5) is 28.0. The van der Waals surface area contributed by atoms with E-state index >= 15 is 0 Å². The van der Waals surface area contributed by atoms with Gasteiger partial charge in [-0.15, -0.1) is 13.2 Å². The van der Waals surface area contributed by atoms with Gasteiger partial charge in [-0.1, -0.05) is 12.1 Å². The monoisotopic (exact) mass is 453 g/mol. The molecule has 11 heteroatoms. The number of amides is 2. The van der Waals surface area contributed by atoms with Crippen LogP contribution >= 0.6 is 0 Å². The Bertz CT molecular complexity index is 929. The third kappa shape index (κ3) is 7.05. The van der Waals surface area contributed by atoms with Crippen LogP contribution in [0.25, 0.3) is 0 Å².